The Bertz CT molecular complexity index is 810. The van der Waals surface area contributed by atoms with Gasteiger partial charge >= 0.3 is 11.9 Å². The summed E-state index contributed by atoms with van der Waals surface area (Å²) in [5.74, 6) is -1.03. The number of carboxylic acids is 1. The number of carbonyl (C=O) groups excluding carboxylic acids is 1. The van der Waals surface area contributed by atoms with Gasteiger partial charge in [-0.1, -0.05) is 12.1 Å². The van der Waals surface area contributed by atoms with Gasteiger partial charge in [-0.3, -0.25) is 0 Å². The van der Waals surface area contributed by atoms with Crippen LogP contribution in [0, 0.1) is 11.3 Å². The molecule has 0 bridgehead atoms. The van der Waals surface area contributed by atoms with E-state index in [-0.39, 0.29) is 17.7 Å². The number of carbonyl (C=O) groups is 2. The van der Waals surface area contributed by atoms with E-state index < -0.39 is 11.9 Å². The first-order chi connectivity index (χ1) is 11.0. The van der Waals surface area contributed by atoms with Crippen LogP contribution in [0.2, 0.25) is 0 Å². The minimum Gasteiger partial charge on any atom is -0.478 e. The Labute approximate surface area is 132 Å². The maximum Gasteiger partial charge on any atom is 0.349 e. The lowest BCUT2D eigenvalue weighted by Crippen LogP contribution is -2.05. The number of rotatable bonds is 5. The number of hydrogen-bond donors (Lipinski definition) is 1. The van der Waals surface area contributed by atoms with Crippen LogP contribution in [0.1, 0.15) is 23.0 Å². The van der Waals surface area contributed by atoms with Gasteiger partial charge in [0.15, 0.2) is 0 Å². The summed E-state index contributed by atoms with van der Waals surface area (Å²) in [6.07, 6.45) is 1.28. The summed E-state index contributed by atoms with van der Waals surface area (Å²) in [4.78, 5) is 22.5. The van der Waals surface area contributed by atoms with Crippen LogP contribution in [0.4, 0.5) is 0 Å². The van der Waals surface area contributed by atoms with E-state index in [4.69, 9.17) is 19.5 Å². The number of aromatic carboxylic acids is 1. The Hall–Kier alpha value is -3.33. The second-order valence-corrected chi connectivity index (χ2v) is 4.48. The average molecular weight is 311 g/mol. The molecule has 23 heavy (non-hydrogen) atoms. The molecule has 1 aromatic carbocycles. The predicted octanol–water partition coefficient (Wildman–Crippen LogP) is 3.11. The zero-order valence-electron chi connectivity index (χ0n) is 12.3. The van der Waals surface area contributed by atoms with E-state index >= 15 is 0 Å². The van der Waals surface area contributed by atoms with E-state index in [2.05, 4.69) is 0 Å². The number of benzene rings is 1. The van der Waals surface area contributed by atoms with E-state index in [0.29, 0.717) is 17.1 Å². The molecule has 0 aliphatic heterocycles. The molecule has 0 saturated carbocycles. The van der Waals surface area contributed by atoms with Gasteiger partial charge in [0, 0.05) is 11.6 Å². The fourth-order valence-corrected chi connectivity index (χ4v) is 1.88. The summed E-state index contributed by atoms with van der Waals surface area (Å²) >= 11 is 0. The number of ether oxygens (including phenoxy) is 1. The maximum atomic E-state index is 11.6. The summed E-state index contributed by atoms with van der Waals surface area (Å²) in [7, 11) is 0. The SMILES string of the molecule is CCOC(=O)/C(C#N)=C/c1ccc(-c2cccc(C(=O)O)c2)o1. The standard InChI is InChI=1S/C17H13NO5/c1-2-22-17(21)13(10-18)9-14-6-7-15(23-14)11-4-3-5-12(8-11)16(19)20/h3-9H,2H2,1H3,(H,19,20)/b13-9+. The zero-order chi connectivity index (χ0) is 16.8. The Morgan fingerprint density at radius 3 is 2.78 bits per heavy atom. The summed E-state index contributed by atoms with van der Waals surface area (Å²) in [6.45, 7) is 1.82. The normalized spacial score (nSPS) is 10.9. The van der Waals surface area contributed by atoms with Crippen molar-refractivity contribution in [3.63, 3.8) is 0 Å². The van der Waals surface area contributed by atoms with Gasteiger partial charge in [0.05, 0.1) is 12.2 Å². The Balaban J connectivity index is 2.30. The molecular weight excluding hydrogens is 298 g/mol. The molecule has 2 aromatic rings. The van der Waals surface area contributed by atoms with E-state index in [1.807, 2.05) is 0 Å². The minimum absolute atomic E-state index is 0.139. The summed E-state index contributed by atoms with van der Waals surface area (Å²) in [5.41, 5.74) is 0.548. The van der Waals surface area contributed by atoms with Crippen LogP contribution >= 0.6 is 0 Å². The molecule has 0 fully saturated rings. The lowest BCUT2D eigenvalue weighted by atomic mass is 10.1. The molecule has 2 rings (SSSR count). The highest BCUT2D eigenvalue weighted by molar-refractivity contribution is 5.97. The molecule has 1 N–H and O–H groups in total. The van der Waals surface area contributed by atoms with Crippen LogP contribution < -0.4 is 0 Å². The van der Waals surface area contributed by atoms with E-state index in [1.165, 1.54) is 18.2 Å². The van der Waals surface area contributed by atoms with Crippen molar-refractivity contribution in [2.24, 2.45) is 0 Å². The number of furan rings is 1. The molecule has 116 valence electrons. The molecule has 0 saturated heterocycles. The third-order valence-corrected chi connectivity index (χ3v) is 2.92. The predicted molar refractivity (Wildman–Crippen MR) is 81.3 cm³/mol. The monoisotopic (exact) mass is 311 g/mol. The molecule has 0 aliphatic rings. The number of nitrogens with zero attached hydrogens (tertiary/aromatic N) is 1. The Morgan fingerprint density at radius 2 is 2.13 bits per heavy atom. The summed E-state index contributed by atoms with van der Waals surface area (Å²) in [6, 6.07) is 11.2. The molecule has 0 aliphatic carbocycles. The number of hydrogen-bond acceptors (Lipinski definition) is 5. The van der Waals surface area contributed by atoms with Crippen molar-refractivity contribution in [1.29, 1.82) is 5.26 Å². The fourth-order valence-electron chi connectivity index (χ4n) is 1.88. The van der Waals surface area contributed by atoms with Gasteiger partial charge in [0.25, 0.3) is 0 Å². The lowest BCUT2D eigenvalue weighted by Gasteiger charge is -2.00. The molecule has 0 unspecified atom stereocenters. The van der Waals surface area contributed by atoms with Crippen molar-refractivity contribution >= 4 is 18.0 Å². The second-order valence-electron chi connectivity index (χ2n) is 4.48. The molecule has 0 amide bonds. The molecule has 0 atom stereocenters. The van der Waals surface area contributed by atoms with Gasteiger partial charge in [0.2, 0.25) is 0 Å². The maximum absolute atomic E-state index is 11.6. The van der Waals surface area contributed by atoms with Crippen LogP contribution in [0.15, 0.2) is 46.4 Å². The summed E-state index contributed by atoms with van der Waals surface area (Å²) < 4.78 is 10.3. The van der Waals surface area contributed by atoms with Gasteiger partial charge in [0.1, 0.15) is 23.2 Å². The van der Waals surface area contributed by atoms with Crippen LogP contribution in [0.3, 0.4) is 0 Å². The van der Waals surface area contributed by atoms with Crippen molar-refractivity contribution in [1.82, 2.24) is 0 Å². The third kappa shape index (κ3) is 3.86. The molecule has 6 heteroatoms. The van der Waals surface area contributed by atoms with E-state index in [1.54, 1.807) is 37.3 Å². The Kier molecular flexibility index (Phi) is 4.95. The van der Waals surface area contributed by atoms with Gasteiger partial charge in [-0.15, -0.1) is 0 Å². The number of carboxylic acid groups (broad SMARTS) is 1. The van der Waals surface area contributed by atoms with E-state index in [0.717, 1.165) is 0 Å². The average Bonchev–Trinajstić information content (AvgIpc) is 3.01. The minimum atomic E-state index is -1.03. The Morgan fingerprint density at radius 1 is 1.35 bits per heavy atom. The first kappa shape index (κ1) is 16.0. The smallest absolute Gasteiger partial charge is 0.349 e. The number of esters is 1. The molecule has 1 heterocycles. The first-order valence-electron chi connectivity index (χ1n) is 6.77. The highest BCUT2D eigenvalue weighted by Gasteiger charge is 2.12. The largest absolute Gasteiger partial charge is 0.478 e. The molecule has 6 nitrogen and oxygen atoms in total. The second kappa shape index (κ2) is 7.09. The van der Waals surface area contributed by atoms with Crippen molar-refractivity contribution < 1.29 is 23.8 Å². The first-order valence-corrected chi connectivity index (χ1v) is 6.77. The molecule has 0 spiro atoms. The van der Waals surface area contributed by atoms with Crippen LogP contribution in [-0.2, 0) is 9.53 Å². The van der Waals surface area contributed by atoms with Crippen LogP contribution in [-0.4, -0.2) is 23.7 Å². The molecular formula is C17H13NO5. The quantitative estimate of drug-likeness (QED) is 0.517. The van der Waals surface area contributed by atoms with Gasteiger partial charge in [-0.05, 0) is 31.2 Å². The highest BCUT2D eigenvalue weighted by Crippen LogP contribution is 2.24. The lowest BCUT2D eigenvalue weighted by molar-refractivity contribution is -0.137. The van der Waals surface area contributed by atoms with Gasteiger partial charge < -0.3 is 14.3 Å². The van der Waals surface area contributed by atoms with E-state index in [9.17, 15) is 9.59 Å². The third-order valence-electron chi connectivity index (χ3n) is 2.92. The van der Waals surface area contributed by atoms with Gasteiger partial charge in [-0.2, -0.15) is 5.26 Å². The van der Waals surface area contributed by atoms with Crippen molar-refractivity contribution in [2.45, 2.75) is 6.92 Å². The van der Waals surface area contributed by atoms with Crippen molar-refractivity contribution in [3.8, 4) is 17.4 Å². The molecule has 1 aromatic heterocycles. The van der Waals surface area contributed by atoms with Crippen molar-refractivity contribution in [3.05, 3.63) is 53.3 Å². The van der Waals surface area contributed by atoms with Gasteiger partial charge in [-0.25, -0.2) is 9.59 Å². The van der Waals surface area contributed by atoms with Crippen molar-refractivity contribution in [2.75, 3.05) is 6.61 Å². The fraction of sp³-hybridized carbons (Fsp3) is 0.118. The molecule has 0 radical (unpaired) electrons. The summed E-state index contributed by atoms with van der Waals surface area (Å²) in [5, 5.41) is 18.0. The van der Waals surface area contributed by atoms with Crippen LogP contribution in [0.25, 0.3) is 17.4 Å². The topological polar surface area (TPSA) is 101 Å². The zero-order valence-corrected chi connectivity index (χ0v) is 12.3. The number of nitriles is 1. The highest BCUT2D eigenvalue weighted by atomic mass is 16.5. The van der Waals surface area contributed by atoms with Crippen LogP contribution in [0.5, 0.6) is 0 Å².